The first kappa shape index (κ1) is 23.9. The van der Waals surface area contributed by atoms with E-state index in [1.807, 2.05) is 0 Å². The second kappa shape index (κ2) is 9.92. The first-order chi connectivity index (χ1) is 16.8. The Morgan fingerprint density at radius 2 is 1.89 bits per heavy atom. The molecule has 0 amide bonds. The van der Waals surface area contributed by atoms with E-state index in [2.05, 4.69) is 20.3 Å². The number of hydrogen-bond acceptors (Lipinski definition) is 6. The Morgan fingerprint density at radius 1 is 1.09 bits per heavy atom. The number of imidazole rings is 1. The highest BCUT2D eigenvalue weighted by Gasteiger charge is 2.31. The topological polar surface area (TPSA) is 81.9 Å². The second-order valence-corrected chi connectivity index (χ2v) is 7.30. The molecule has 7 nitrogen and oxygen atoms in total. The lowest BCUT2D eigenvalue weighted by Gasteiger charge is -2.11. The molecule has 2 aromatic heterocycles. The third-order valence-electron chi connectivity index (χ3n) is 4.92. The number of alkyl halides is 3. The Hall–Kier alpha value is -4.28. The summed E-state index contributed by atoms with van der Waals surface area (Å²) < 4.78 is 60.2. The Morgan fingerprint density at radius 3 is 2.63 bits per heavy atom. The summed E-state index contributed by atoms with van der Waals surface area (Å²) in [6.07, 6.45) is -1.81. The monoisotopic (exact) mass is 485 g/mol. The fraction of sp³-hybridized carbons (Fsp3) is 0.167. The number of ether oxygens (including phenoxy) is 1. The summed E-state index contributed by atoms with van der Waals surface area (Å²) in [5, 5.41) is 2.91. The van der Waals surface area contributed by atoms with E-state index in [0.717, 1.165) is 12.1 Å². The van der Waals surface area contributed by atoms with Gasteiger partial charge in [0.05, 0.1) is 12.2 Å². The quantitative estimate of drug-likeness (QED) is 0.284. The minimum atomic E-state index is -4.56. The normalized spacial score (nSPS) is 11.3. The van der Waals surface area contributed by atoms with Gasteiger partial charge in [-0.25, -0.2) is 19.2 Å². The minimum absolute atomic E-state index is 0.0536. The van der Waals surface area contributed by atoms with Crippen molar-refractivity contribution in [3.8, 4) is 17.2 Å². The SMILES string of the molecule is CCOC(=O)c1cn(-c2ccnc(NCc3ccccc3F)n2)c(-c2cccc(C(F)(F)F)c2)n1. The minimum Gasteiger partial charge on any atom is -0.461 e. The Bertz CT molecular complexity index is 1350. The molecule has 35 heavy (non-hydrogen) atoms. The van der Waals surface area contributed by atoms with E-state index < -0.39 is 23.5 Å². The van der Waals surface area contributed by atoms with E-state index in [9.17, 15) is 22.4 Å². The van der Waals surface area contributed by atoms with Gasteiger partial charge in [0.2, 0.25) is 5.95 Å². The highest BCUT2D eigenvalue weighted by molar-refractivity contribution is 5.88. The lowest BCUT2D eigenvalue weighted by atomic mass is 10.1. The van der Waals surface area contributed by atoms with Crippen molar-refractivity contribution in [2.75, 3.05) is 11.9 Å². The summed E-state index contributed by atoms with van der Waals surface area (Å²) in [6, 6.07) is 12.3. The fourth-order valence-electron chi connectivity index (χ4n) is 3.28. The molecule has 0 fully saturated rings. The van der Waals surface area contributed by atoms with Crippen LogP contribution in [0.5, 0.6) is 0 Å². The van der Waals surface area contributed by atoms with Crippen LogP contribution in [0, 0.1) is 5.82 Å². The first-order valence-corrected chi connectivity index (χ1v) is 10.5. The van der Waals surface area contributed by atoms with Gasteiger partial charge in [0.1, 0.15) is 17.5 Å². The van der Waals surface area contributed by atoms with Crippen LogP contribution in [-0.2, 0) is 17.5 Å². The van der Waals surface area contributed by atoms with Crippen LogP contribution >= 0.6 is 0 Å². The molecule has 0 radical (unpaired) electrons. The lowest BCUT2D eigenvalue weighted by molar-refractivity contribution is -0.137. The summed E-state index contributed by atoms with van der Waals surface area (Å²) in [7, 11) is 0. The standard InChI is InChI=1S/C24H19F4N5O2/c1-2-35-22(34)19-14-33(21(31-19)15-7-5-8-17(12-15)24(26,27)28)20-10-11-29-23(32-20)30-13-16-6-3-4-9-18(16)25/h3-12,14H,2,13H2,1H3,(H,29,30,32). The van der Waals surface area contributed by atoms with Crippen molar-refractivity contribution in [3.05, 3.63) is 89.6 Å². The molecule has 0 unspecified atom stereocenters. The highest BCUT2D eigenvalue weighted by Crippen LogP contribution is 2.32. The molecule has 0 aliphatic carbocycles. The van der Waals surface area contributed by atoms with Gasteiger partial charge in [-0.2, -0.15) is 18.2 Å². The summed E-state index contributed by atoms with van der Waals surface area (Å²) in [5.74, 6) is -0.695. The van der Waals surface area contributed by atoms with E-state index in [0.29, 0.717) is 5.56 Å². The summed E-state index contributed by atoms with van der Waals surface area (Å²) >= 11 is 0. The van der Waals surface area contributed by atoms with Gasteiger partial charge < -0.3 is 10.1 Å². The van der Waals surface area contributed by atoms with Crippen molar-refractivity contribution < 1.29 is 27.1 Å². The number of benzene rings is 2. The van der Waals surface area contributed by atoms with Crippen molar-refractivity contribution in [2.24, 2.45) is 0 Å². The average Bonchev–Trinajstić information content (AvgIpc) is 3.29. The van der Waals surface area contributed by atoms with Gasteiger partial charge in [-0.05, 0) is 31.2 Å². The number of anilines is 1. The molecular formula is C24H19F4N5O2. The van der Waals surface area contributed by atoms with E-state index in [1.54, 1.807) is 25.1 Å². The highest BCUT2D eigenvalue weighted by atomic mass is 19.4. The Balaban J connectivity index is 1.73. The molecule has 0 bridgehead atoms. The van der Waals surface area contributed by atoms with Crippen molar-refractivity contribution in [1.29, 1.82) is 0 Å². The average molecular weight is 485 g/mol. The fourth-order valence-corrected chi connectivity index (χ4v) is 3.28. The first-order valence-electron chi connectivity index (χ1n) is 10.5. The summed E-state index contributed by atoms with van der Waals surface area (Å²) in [4.78, 5) is 25.0. The molecular weight excluding hydrogens is 466 g/mol. The smallest absolute Gasteiger partial charge is 0.416 e. The summed E-state index contributed by atoms with van der Waals surface area (Å²) in [6.45, 7) is 1.83. The van der Waals surface area contributed by atoms with Crippen LogP contribution in [-0.4, -0.2) is 32.1 Å². The predicted molar refractivity (Wildman–Crippen MR) is 119 cm³/mol. The van der Waals surface area contributed by atoms with Crippen molar-refractivity contribution in [1.82, 2.24) is 19.5 Å². The molecule has 0 spiro atoms. The van der Waals surface area contributed by atoms with Gasteiger partial charge in [0, 0.05) is 30.1 Å². The summed E-state index contributed by atoms with van der Waals surface area (Å²) in [5.41, 5.74) is -0.441. The Labute approximate surface area is 197 Å². The van der Waals surface area contributed by atoms with Crippen LogP contribution in [0.2, 0.25) is 0 Å². The van der Waals surface area contributed by atoms with Crippen LogP contribution in [0.3, 0.4) is 0 Å². The van der Waals surface area contributed by atoms with Crippen LogP contribution in [0.15, 0.2) is 67.0 Å². The molecule has 0 saturated carbocycles. The third-order valence-corrected chi connectivity index (χ3v) is 4.92. The number of rotatable bonds is 7. The van der Waals surface area contributed by atoms with Crippen molar-refractivity contribution in [2.45, 2.75) is 19.6 Å². The number of esters is 1. The number of halogens is 4. The number of nitrogens with zero attached hydrogens (tertiary/aromatic N) is 4. The number of nitrogens with one attached hydrogen (secondary N) is 1. The molecule has 1 N–H and O–H groups in total. The van der Waals surface area contributed by atoms with Crippen molar-refractivity contribution >= 4 is 11.9 Å². The van der Waals surface area contributed by atoms with E-state index >= 15 is 0 Å². The largest absolute Gasteiger partial charge is 0.461 e. The molecule has 4 rings (SSSR count). The van der Waals surface area contributed by atoms with Gasteiger partial charge in [0.25, 0.3) is 0 Å². The molecule has 0 saturated heterocycles. The molecule has 2 aromatic carbocycles. The van der Waals surface area contributed by atoms with Crippen LogP contribution in [0.4, 0.5) is 23.5 Å². The Kier molecular flexibility index (Phi) is 6.76. The van der Waals surface area contributed by atoms with Crippen LogP contribution < -0.4 is 5.32 Å². The molecule has 180 valence electrons. The van der Waals surface area contributed by atoms with Gasteiger partial charge in [-0.15, -0.1) is 0 Å². The van der Waals surface area contributed by atoms with Gasteiger partial charge in [-0.1, -0.05) is 30.3 Å². The van der Waals surface area contributed by atoms with Gasteiger partial charge >= 0.3 is 12.1 Å². The second-order valence-electron chi connectivity index (χ2n) is 7.30. The molecule has 11 heteroatoms. The van der Waals surface area contributed by atoms with Crippen LogP contribution in [0.1, 0.15) is 28.5 Å². The maximum Gasteiger partial charge on any atom is 0.416 e. The number of aromatic nitrogens is 4. The van der Waals surface area contributed by atoms with Crippen LogP contribution in [0.25, 0.3) is 17.2 Å². The maximum absolute atomic E-state index is 13.9. The lowest BCUT2D eigenvalue weighted by Crippen LogP contribution is -2.08. The molecule has 0 aliphatic rings. The number of carbonyl (C=O) groups is 1. The number of carbonyl (C=O) groups excluding carboxylic acids is 1. The zero-order chi connectivity index (χ0) is 25.0. The predicted octanol–water partition coefficient (Wildman–Crippen LogP) is 5.28. The maximum atomic E-state index is 13.9. The molecule has 0 atom stereocenters. The molecule has 4 aromatic rings. The zero-order valence-corrected chi connectivity index (χ0v) is 18.4. The zero-order valence-electron chi connectivity index (χ0n) is 18.4. The molecule has 0 aliphatic heterocycles. The van der Waals surface area contributed by atoms with E-state index in [-0.39, 0.29) is 42.0 Å². The molecule has 2 heterocycles. The van der Waals surface area contributed by atoms with Gasteiger partial charge in [-0.3, -0.25) is 4.57 Å². The van der Waals surface area contributed by atoms with E-state index in [1.165, 1.54) is 41.2 Å². The van der Waals surface area contributed by atoms with Crippen molar-refractivity contribution in [3.63, 3.8) is 0 Å². The van der Waals surface area contributed by atoms with Gasteiger partial charge in [0.15, 0.2) is 5.69 Å². The van der Waals surface area contributed by atoms with E-state index in [4.69, 9.17) is 4.74 Å². The number of hydrogen-bond donors (Lipinski definition) is 1. The third kappa shape index (κ3) is 5.45.